The fraction of sp³-hybridized carbons (Fsp3) is 0.357. The number of nitriles is 1. The van der Waals surface area contributed by atoms with Crippen molar-refractivity contribution in [1.82, 2.24) is 0 Å². The van der Waals surface area contributed by atoms with E-state index in [9.17, 15) is 0 Å². The van der Waals surface area contributed by atoms with Crippen LogP contribution in [0.2, 0.25) is 0 Å². The second kappa shape index (κ2) is 3.99. The molecule has 0 saturated heterocycles. The summed E-state index contributed by atoms with van der Waals surface area (Å²) in [6, 6.07) is 8.32. The van der Waals surface area contributed by atoms with Gasteiger partial charge in [-0.15, -0.1) is 0 Å². The van der Waals surface area contributed by atoms with Crippen molar-refractivity contribution in [2.45, 2.75) is 37.0 Å². The molecule has 2 aliphatic rings. The highest BCUT2D eigenvalue weighted by atomic mass is 32.2. The summed E-state index contributed by atoms with van der Waals surface area (Å²) in [5.41, 5.74) is 3.84. The molecule has 0 N–H and O–H groups in total. The van der Waals surface area contributed by atoms with Crippen LogP contribution < -0.4 is 0 Å². The van der Waals surface area contributed by atoms with Crippen LogP contribution in [0.5, 0.6) is 0 Å². The molecule has 1 nitrogen and oxygen atoms in total. The predicted molar refractivity (Wildman–Crippen MR) is 66.2 cm³/mol. The van der Waals surface area contributed by atoms with Crippen molar-refractivity contribution in [3.05, 3.63) is 39.8 Å². The van der Waals surface area contributed by atoms with Gasteiger partial charge in [0.05, 0.1) is 11.6 Å². The number of hydrogen-bond acceptors (Lipinski definition) is 2. The minimum Gasteiger partial charge on any atom is -0.192 e. The van der Waals surface area contributed by atoms with Crippen LogP contribution in [-0.4, -0.2) is 0 Å². The first kappa shape index (κ1) is 9.99. The van der Waals surface area contributed by atoms with Crippen LogP contribution in [-0.2, 0) is 6.42 Å². The van der Waals surface area contributed by atoms with Crippen LogP contribution in [0.25, 0.3) is 0 Å². The number of rotatable bonds is 0. The van der Waals surface area contributed by atoms with E-state index in [1.165, 1.54) is 36.1 Å². The summed E-state index contributed by atoms with van der Waals surface area (Å²) < 4.78 is 0. The highest BCUT2D eigenvalue weighted by Gasteiger charge is 2.21. The zero-order valence-electron chi connectivity index (χ0n) is 9.12. The van der Waals surface area contributed by atoms with Crippen molar-refractivity contribution in [1.29, 1.82) is 5.26 Å². The van der Waals surface area contributed by atoms with E-state index < -0.39 is 0 Å². The average molecular weight is 227 g/mol. The minimum atomic E-state index is 0.783. The summed E-state index contributed by atoms with van der Waals surface area (Å²) in [5, 5.41) is 8.90. The molecule has 1 aromatic carbocycles. The lowest BCUT2D eigenvalue weighted by Crippen LogP contribution is -2.06. The van der Waals surface area contributed by atoms with Crippen LogP contribution in [0.15, 0.2) is 33.6 Å². The molecule has 0 aromatic heterocycles. The Labute approximate surface area is 100 Å². The van der Waals surface area contributed by atoms with Gasteiger partial charge in [0.1, 0.15) is 0 Å². The van der Waals surface area contributed by atoms with Gasteiger partial charge >= 0.3 is 0 Å². The quantitative estimate of drug-likeness (QED) is 0.668. The van der Waals surface area contributed by atoms with Gasteiger partial charge in [-0.05, 0) is 54.7 Å². The molecule has 0 radical (unpaired) electrons. The van der Waals surface area contributed by atoms with Gasteiger partial charge in [-0.3, -0.25) is 0 Å². The van der Waals surface area contributed by atoms with E-state index >= 15 is 0 Å². The first-order valence-electron chi connectivity index (χ1n) is 5.78. The molecule has 16 heavy (non-hydrogen) atoms. The van der Waals surface area contributed by atoms with Crippen LogP contribution >= 0.6 is 11.8 Å². The largest absolute Gasteiger partial charge is 0.192 e. The van der Waals surface area contributed by atoms with E-state index in [4.69, 9.17) is 5.26 Å². The highest BCUT2D eigenvalue weighted by molar-refractivity contribution is 8.03. The molecule has 0 saturated carbocycles. The van der Waals surface area contributed by atoms with Crippen molar-refractivity contribution in [2.24, 2.45) is 0 Å². The molecule has 1 aromatic rings. The Morgan fingerprint density at radius 3 is 2.94 bits per heavy atom. The molecule has 0 bridgehead atoms. The van der Waals surface area contributed by atoms with E-state index in [0.29, 0.717) is 0 Å². The number of benzene rings is 1. The SMILES string of the molecule is N#Cc1ccc2c(c1)SC1=C(CCCC1)C2. The van der Waals surface area contributed by atoms with Gasteiger partial charge in [-0.2, -0.15) is 5.26 Å². The summed E-state index contributed by atoms with van der Waals surface area (Å²) >= 11 is 1.90. The third-order valence-electron chi connectivity index (χ3n) is 3.36. The van der Waals surface area contributed by atoms with Gasteiger partial charge in [0.15, 0.2) is 0 Å². The van der Waals surface area contributed by atoms with Crippen molar-refractivity contribution >= 4 is 11.8 Å². The molecule has 0 atom stereocenters. The van der Waals surface area contributed by atoms with E-state index in [0.717, 1.165) is 12.0 Å². The zero-order chi connectivity index (χ0) is 11.0. The van der Waals surface area contributed by atoms with E-state index in [1.54, 1.807) is 10.5 Å². The number of fused-ring (bicyclic) bond motifs is 1. The van der Waals surface area contributed by atoms with Crippen LogP contribution in [0, 0.1) is 11.3 Å². The number of hydrogen-bond donors (Lipinski definition) is 0. The number of allylic oxidation sites excluding steroid dienone is 2. The summed E-state index contributed by atoms with van der Waals surface area (Å²) in [6.45, 7) is 0. The van der Waals surface area contributed by atoms with Crippen LogP contribution in [0.4, 0.5) is 0 Å². The maximum atomic E-state index is 8.90. The first-order valence-corrected chi connectivity index (χ1v) is 6.60. The summed E-state index contributed by atoms with van der Waals surface area (Å²) in [4.78, 5) is 2.88. The maximum Gasteiger partial charge on any atom is 0.0992 e. The predicted octanol–water partition coefficient (Wildman–Crippen LogP) is 4.03. The second-order valence-corrected chi connectivity index (χ2v) is 5.58. The molecule has 0 amide bonds. The Hall–Kier alpha value is -1.20. The Morgan fingerprint density at radius 2 is 2.06 bits per heavy atom. The average Bonchev–Trinajstić information content (AvgIpc) is 2.35. The van der Waals surface area contributed by atoms with E-state index in [1.807, 2.05) is 23.9 Å². The van der Waals surface area contributed by atoms with E-state index in [-0.39, 0.29) is 0 Å². The Bertz CT molecular complexity index is 508. The van der Waals surface area contributed by atoms with Gasteiger partial charge in [0.2, 0.25) is 0 Å². The molecule has 1 aliphatic heterocycles. The molecule has 1 heterocycles. The van der Waals surface area contributed by atoms with Gasteiger partial charge in [0, 0.05) is 4.90 Å². The monoisotopic (exact) mass is 227 g/mol. The van der Waals surface area contributed by atoms with Crippen molar-refractivity contribution < 1.29 is 0 Å². The fourth-order valence-electron chi connectivity index (χ4n) is 2.48. The molecule has 3 rings (SSSR count). The molecule has 0 fully saturated rings. The summed E-state index contributed by atoms with van der Waals surface area (Å²) in [5.74, 6) is 0. The Balaban J connectivity index is 1.99. The zero-order valence-corrected chi connectivity index (χ0v) is 9.94. The molecule has 0 unspecified atom stereocenters. The Kier molecular flexibility index (Phi) is 2.49. The molecule has 2 heteroatoms. The van der Waals surface area contributed by atoms with Gasteiger partial charge in [-0.1, -0.05) is 23.4 Å². The standard InChI is InChI=1S/C14H13NS/c15-9-10-5-6-12-8-11-3-1-2-4-13(11)16-14(12)7-10/h5-7H,1-4,8H2. The smallest absolute Gasteiger partial charge is 0.0992 e. The molecular weight excluding hydrogens is 214 g/mol. The maximum absolute atomic E-state index is 8.90. The molecule has 1 aliphatic carbocycles. The molecular formula is C14H13NS. The van der Waals surface area contributed by atoms with Gasteiger partial charge in [-0.25, -0.2) is 0 Å². The van der Waals surface area contributed by atoms with Gasteiger partial charge < -0.3 is 0 Å². The fourth-order valence-corrected chi connectivity index (χ4v) is 3.77. The lowest BCUT2D eigenvalue weighted by atomic mass is 9.93. The van der Waals surface area contributed by atoms with Gasteiger partial charge in [0.25, 0.3) is 0 Å². The number of thioether (sulfide) groups is 1. The summed E-state index contributed by atoms with van der Waals surface area (Å²) in [7, 11) is 0. The van der Waals surface area contributed by atoms with Crippen molar-refractivity contribution in [2.75, 3.05) is 0 Å². The topological polar surface area (TPSA) is 23.8 Å². The highest BCUT2D eigenvalue weighted by Crippen LogP contribution is 2.44. The number of nitrogens with zero attached hydrogens (tertiary/aromatic N) is 1. The molecule has 80 valence electrons. The second-order valence-electron chi connectivity index (χ2n) is 4.45. The normalized spacial score (nSPS) is 18.7. The lowest BCUT2D eigenvalue weighted by molar-refractivity contribution is 0.676. The molecule has 0 spiro atoms. The first-order chi connectivity index (χ1) is 7.86. The van der Waals surface area contributed by atoms with Crippen LogP contribution in [0.3, 0.4) is 0 Å². The van der Waals surface area contributed by atoms with Crippen LogP contribution in [0.1, 0.15) is 36.8 Å². The third-order valence-corrected chi connectivity index (χ3v) is 4.70. The minimum absolute atomic E-state index is 0.783. The van der Waals surface area contributed by atoms with Crippen molar-refractivity contribution in [3.63, 3.8) is 0 Å². The Morgan fingerprint density at radius 1 is 1.19 bits per heavy atom. The third kappa shape index (κ3) is 1.66. The van der Waals surface area contributed by atoms with Crippen molar-refractivity contribution in [3.8, 4) is 6.07 Å². The van der Waals surface area contributed by atoms with E-state index in [2.05, 4.69) is 12.1 Å². The summed E-state index contributed by atoms with van der Waals surface area (Å²) in [6.07, 6.45) is 6.32. The lowest BCUT2D eigenvalue weighted by Gasteiger charge is -2.26.